The largest absolute Gasteiger partial charge is 0.454 e. The summed E-state index contributed by atoms with van der Waals surface area (Å²) >= 11 is 0. The highest BCUT2D eigenvalue weighted by Crippen LogP contribution is 2.19. The van der Waals surface area contributed by atoms with Crippen molar-refractivity contribution in [2.24, 2.45) is 0 Å². The van der Waals surface area contributed by atoms with Crippen molar-refractivity contribution in [1.29, 1.82) is 0 Å². The number of rotatable bonds is 7. The first-order chi connectivity index (χ1) is 13.0. The van der Waals surface area contributed by atoms with Crippen LogP contribution in [0.2, 0.25) is 0 Å². The normalized spacial score (nSPS) is 11.5. The summed E-state index contributed by atoms with van der Waals surface area (Å²) in [5.41, 5.74) is 1.89. The number of carbonyl (C=O) groups excluding carboxylic acids is 3. The van der Waals surface area contributed by atoms with Crippen molar-refractivity contribution in [3.8, 4) is 0 Å². The molecule has 0 bridgehead atoms. The van der Waals surface area contributed by atoms with Crippen LogP contribution in [0.1, 0.15) is 49.4 Å². The Hall–Kier alpha value is -2.78. The molecule has 150 valence electrons. The lowest BCUT2D eigenvalue weighted by atomic mass is 10.1. The molecular formula is C19H22N2O6S. The predicted octanol–water partition coefficient (Wildman–Crippen LogP) is 2.12. The highest BCUT2D eigenvalue weighted by atomic mass is 32.2. The van der Waals surface area contributed by atoms with Crippen LogP contribution in [0, 0.1) is 13.8 Å². The fraction of sp³-hybridized carbons (Fsp3) is 0.316. The topological polar surface area (TPSA) is 114 Å². The number of nitrogens with zero attached hydrogens (tertiary/aromatic N) is 1. The lowest BCUT2D eigenvalue weighted by molar-refractivity contribution is 0.0473. The van der Waals surface area contributed by atoms with Crippen molar-refractivity contribution >= 4 is 27.6 Å². The zero-order valence-electron chi connectivity index (χ0n) is 16.3. The van der Waals surface area contributed by atoms with Crippen LogP contribution in [0.15, 0.2) is 29.2 Å². The van der Waals surface area contributed by atoms with Crippen molar-refractivity contribution in [2.45, 2.75) is 25.7 Å². The second-order valence-corrected chi connectivity index (χ2v) is 8.64. The van der Waals surface area contributed by atoms with Gasteiger partial charge in [0.2, 0.25) is 15.8 Å². The second kappa shape index (κ2) is 8.07. The van der Waals surface area contributed by atoms with Crippen LogP contribution in [0.4, 0.5) is 0 Å². The maximum atomic E-state index is 12.3. The van der Waals surface area contributed by atoms with E-state index in [-0.39, 0.29) is 21.9 Å². The number of aromatic nitrogens is 1. The van der Waals surface area contributed by atoms with Crippen molar-refractivity contribution < 1.29 is 27.5 Å². The quantitative estimate of drug-likeness (QED) is 0.557. The first kappa shape index (κ1) is 21.5. The third kappa shape index (κ3) is 4.20. The van der Waals surface area contributed by atoms with Crippen LogP contribution >= 0.6 is 0 Å². The molecule has 1 N–H and O–H groups in total. The standard InChI is InChI=1S/C19H22N2O6S/c1-11-17(13(3)22)12(2)20-18(11)16(23)10-27-19(24)14-6-8-15(9-7-14)28(25,26)21(4)5/h6-9,20H,10H2,1-5H3. The molecule has 0 aliphatic rings. The van der Waals surface area contributed by atoms with Gasteiger partial charge in [-0.1, -0.05) is 0 Å². The smallest absolute Gasteiger partial charge is 0.338 e. The molecule has 0 spiro atoms. The molecule has 0 aliphatic carbocycles. The minimum absolute atomic E-state index is 0.0411. The van der Waals surface area contributed by atoms with Gasteiger partial charge in [0, 0.05) is 25.4 Å². The molecule has 0 fully saturated rings. The highest BCUT2D eigenvalue weighted by molar-refractivity contribution is 7.89. The number of H-pyrrole nitrogens is 1. The Kier molecular flexibility index (Phi) is 6.20. The van der Waals surface area contributed by atoms with E-state index in [1.165, 1.54) is 45.3 Å². The Balaban J connectivity index is 2.09. The van der Waals surface area contributed by atoms with Crippen LogP contribution in [0.3, 0.4) is 0 Å². The van der Waals surface area contributed by atoms with Gasteiger partial charge in [0.05, 0.1) is 16.2 Å². The molecule has 0 aliphatic heterocycles. The number of aromatic amines is 1. The average molecular weight is 406 g/mol. The van der Waals surface area contributed by atoms with Crippen LogP contribution in [-0.4, -0.2) is 55.9 Å². The van der Waals surface area contributed by atoms with Crippen molar-refractivity contribution in [3.63, 3.8) is 0 Å². The number of hydrogen-bond acceptors (Lipinski definition) is 6. The molecule has 0 saturated heterocycles. The zero-order chi connectivity index (χ0) is 21.2. The van der Waals surface area contributed by atoms with Crippen LogP contribution in [0.25, 0.3) is 0 Å². The summed E-state index contributed by atoms with van der Waals surface area (Å²) in [5, 5.41) is 0. The molecule has 0 saturated carbocycles. The van der Waals surface area contributed by atoms with Crippen LogP contribution in [0.5, 0.6) is 0 Å². The van der Waals surface area contributed by atoms with E-state index in [0.29, 0.717) is 16.8 Å². The molecule has 9 heteroatoms. The third-order valence-electron chi connectivity index (χ3n) is 4.27. The van der Waals surface area contributed by atoms with E-state index in [1.807, 2.05) is 0 Å². The maximum Gasteiger partial charge on any atom is 0.338 e. The molecule has 2 rings (SSSR count). The van der Waals surface area contributed by atoms with Gasteiger partial charge < -0.3 is 9.72 Å². The number of carbonyl (C=O) groups is 3. The van der Waals surface area contributed by atoms with E-state index in [0.717, 1.165) is 4.31 Å². The number of hydrogen-bond donors (Lipinski definition) is 1. The number of Topliss-reactive ketones (excluding diaryl/α,β-unsaturated/α-hetero) is 2. The summed E-state index contributed by atoms with van der Waals surface area (Å²) in [6, 6.07) is 5.24. The lowest BCUT2D eigenvalue weighted by Crippen LogP contribution is -2.22. The van der Waals surface area contributed by atoms with Crippen LogP contribution in [-0.2, 0) is 14.8 Å². The van der Waals surface area contributed by atoms with Crippen molar-refractivity contribution in [3.05, 3.63) is 52.3 Å². The number of ketones is 2. The van der Waals surface area contributed by atoms with E-state index in [2.05, 4.69) is 4.98 Å². The van der Waals surface area contributed by atoms with Gasteiger partial charge in [0.15, 0.2) is 12.4 Å². The number of ether oxygens (including phenoxy) is 1. The summed E-state index contributed by atoms with van der Waals surface area (Å²) in [4.78, 5) is 39.0. The minimum Gasteiger partial charge on any atom is -0.454 e. The molecule has 0 unspecified atom stereocenters. The molecule has 2 aromatic rings. The highest BCUT2D eigenvalue weighted by Gasteiger charge is 2.22. The lowest BCUT2D eigenvalue weighted by Gasteiger charge is -2.11. The van der Waals surface area contributed by atoms with Gasteiger partial charge in [0.25, 0.3) is 0 Å². The third-order valence-corrected chi connectivity index (χ3v) is 6.10. The zero-order valence-corrected chi connectivity index (χ0v) is 17.1. The molecule has 1 aromatic heterocycles. The summed E-state index contributed by atoms with van der Waals surface area (Å²) in [5.74, 6) is -1.38. The number of nitrogens with one attached hydrogen (secondary N) is 1. The number of aryl methyl sites for hydroxylation is 1. The summed E-state index contributed by atoms with van der Waals surface area (Å²) < 4.78 is 30.2. The molecule has 0 atom stereocenters. The molecule has 0 amide bonds. The van der Waals surface area contributed by atoms with Crippen molar-refractivity contribution in [1.82, 2.24) is 9.29 Å². The van der Waals surface area contributed by atoms with Crippen LogP contribution < -0.4 is 0 Å². The Morgan fingerprint density at radius 2 is 1.64 bits per heavy atom. The Labute approximate surface area is 163 Å². The molecule has 1 aromatic carbocycles. The molecule has 1 heterocycles. The van der Waals surface area contributed by atoms with Gasteiger partial charge in [0.1, 0.15) is 0 Å². The Bertz CT molecular complexity index is 1030. The van der Waals surface area contributed by atoms with Gasteiger partial charge in [-0.3, -0.25) is 9.59 Å². The minimum atomic E-state index is -3.60. The van der Waals surface area contributed by atoms with E-state index in [1.54, 1.807) is 13.8 Å². The van der Waals surface area contributed by atoms with Gasteiger partial charge in [-0.2, -0.15) is 0 Å². The van der Waals surface area contributed by atoms with E-state index in [4.69, 9.17) is 4.74 Å². The molecule has 28 heavy (non-hydrogen) atoms. The van der Waals surface area contributed by atoms with Gasteiger partial charge in [-0.15, -0.1) is 0 Å². The van der Waals surface area contributed by atoms with E-state index in [9.17, 15) is 22.8 Å². The van der Waals surface area contributed by atoms with E-state index < -0.39 is 28.4 Å². The van der Waals surface area contributed by atoms with Gasteiger partial charge in [-0.05, 0) is 50.6 Å². The number of sulfonamides is 1. The Morgan fingerprint density at radius 1 is 1.07 bits per heavy atom. The van der Waals surface area contributed by atoms with Gasteiger partial charge >= 0.3 is 5.97 Å². The Morgan fingerprint density at radius 3 is 2.11 bits per heavy atom. The van der Waals surface area contributed by atoms with Gasteiger partial charge in [-0.25, -0.2) is 17.5 Å². The van der Waals surface area contributed by atoms with Crippen molar-refractivity contribution in [2.75, 3.05) is 20.7 Å². The molecule has 0 radical (unpaired) electrons. The second-order valence-electron chi connectivity index (χ2n) is 6.49. The SMILES string of the molecule is CC(=O)c1c(C)[nH]c(C(=O)COC(=O)c2ccc(S(=O)(=O)N(C)C)cc2)c1C. The summed E-state index contributed by atoms with van der Waals surface area (Å²) in [6.45, 7) is 4.25. The first-order valence-corrected chi connectivity index (χ1v) is 9.83. The monoisotopic (exact) mass is 406 g/mol. The number of benzene rings is 1. The molecule has 8 nitrogen and oxygen atoms in total. The summed E-state index contributed by atoms with van der Waals surface area (Å²) in [6.07, 6.45) is 0. The first-order valence-electron chi connectivity index (χ1n) is 8.39. The predicted molar refractivity (Wildman–Crippen MR) is 102 cm³/mol. The number of esters is 1. The fourth-order valence-electron chi connectivity index (χ4n) is 2.82. The fourth-order valence-corrected chi connectivity index (χ4v) is 3.72. The summed E-state index contributed by atoms with van der Waals surface area (Å²) in [7, 11) is -0.784. The average Bonchev–Trinajstić information content (AvgIpc) is 2.93. The van der Waals surface area contributed by atoms with E-state index >= 15 is 0 Å². The molecular weight excluding hydrogens is 384 g/mol. The maximum absolute atomic E-state index is 12.3.